The fourth-order valence-corrected chi connectivity index (χ4v) is 2.32. The molecule has 18 heavy (non-hydrogen) atoms. The van der Waals surface area contributed by atoms with Crippen molar-refractivity contribution in [2.45, 2.75) is 6.04 Å². The molecule has 1 heterocycles. The number of hydrogen-bond acceptors (Lipinski definition) is 4. The third-order valence-corrected chi connectivity index (χ3v) is 3.27. The zero-order valence-electron chi connectivity index (χ0n) is 10.3. The maximum Gasteiger partial charge on any atom is 0.138 e. The van der Waals surface area contributed by atoms with Gasteiger partial charge < -0.3 is 10.4 Å². The van der Waals surface area contributed by atoms with Crippen molar-refractivity contribution in [2.24, 2.45) is 0 Å². The van der Waals surface area contributed by atoms with Gasteiger partial charge >= 0.3 is 0 Å². The molecule has 2 rings (SSSR count). The Bertz CT molecular complexity index is 472. The highest BCUT2D eigenvalue weighted by atomic mass is 16.3. The molecule has 1 saturated heterocycles. The van der Waals surface area contributed by atoms with E-state index in [-0.39, 0.29) is 11.8 Å². The molecule has 94 valence electrons. The van der Waals surface area contributed by atoms with Gasteiger partial charge in [-0.3, -0.25) is 4.90 Å². The van der Waals surface area contributed by atoms with E-state index in [1.807, 2.05) is 18.2 Å². The lowest BCUT2D eigenvalue weighted by Gasteiger charge is -2.33. The first-order valence-electron chi connectivity index (χ1n) is 6.07. The molecule has 0 radical (unpaired) electrons. The second-order valence-electron chi connectivity index (χ2n) is 4.32. The maximum absolute atomic E-state index is 10.1. The van der Waals surface area contributed by atoms with Crippen molar-refractivity contribution in [3.8, 4) is 11.8 Å². The minimum absolute atomic E-state index is 0.0413. The monoisotopic (exact) mass is 243 g/mol. The Morgan fingerprint density at radius 1 is 1.44 bits per heavy atom. The van der Waals surface area contributed by atoms with E-state index in [9.17, 15) is 5.11 Å². The predicted octanol–water partition coefficient (Wildman–Crippen LogP) is 1.40. The fraction of sp³-hybridized carbons (Fsp3) is 0.357. The number of piperazine rings is 1. The Labute approximate surface area is 107 Å². The summed E-state index contributed by atoms with van der Waals surface area (Å²) in [4.78, 5) is 2.25. The minimum atomic E-state index is -0.0413. The van der Waals surface area contributed by atoms with Gasteiger partial charge in [0.1, 0.15) is 11.8 Å². The summed E-state index contributed by atoms with van der Waals surface area (Å²) in [5, 5.41) is 22.3. The number of rotatable bonds is 3. The largest absolute Gasteiger partial charge is 0.506 e. The van der Waals surface area contributed by atoms with Crippen LogP contribution in [0, 0.1) is 11.3 Å². The Morgan fingerprint density at radius 2 is 2.17 bits per heavy atom. The van der Waals surface area contributed by atoms with Crippen LogP contribution < -0.4 is 5.32 Å². The van der Waals surface area contributed by atoms with Crippen LogP contribution in [0.25, 0.3) is 0 Å². The van der Waals surface area contributed by atoms with Crippen molar-refractivity contribution in [1.29, 1.82) is 5.26 Å². The van der Waals surface area contributed by atoms with E-state index in [0.717, 1.165) is 31.7 Å². The maximum atomic E-state index is 10.1. The Morgan fingerprint density at radius 3 is 2.78 bits per heavy atom. The van der Waals surface area contributed by atoms with Crippen LogP contribution in [0.15, 0.2) is 30.9 Å². The zero-order valence-corrected chi connectivity index (χ0v) is 10.3. The smallest absolute Gasteiger partial charge is 0.138 e. The molecular formula is C14H17N3O. The first-order chi connectivity index (χ1) is 8.77. The summed E-state index contributed by atoms with van der Waals surface area (Å²) in [7, 11) is 0. The van der Waals surface area contributed by atoms with Crippen LogP contribution in [0.1, 0.15) is 17.2 Å². The van der Waals surface area contributed by atoms with Crippen molar-refractivity contribution in [2.75, 3.05) is 26.2 Å². The standard InChI is InChI=1S/C14H17N3O/c1-2-13(17-8-6-16-7-9-17)12-5-3-4-11(10-15)14(12)18/h2-5,13,16,18H,1,6-9H2/t13-/m1/s1. The highest BCUT2D eigenvalue weighted by molar-refractivity contribution is 5.49. The van der Waals surface area contributed by atoms with Crippen LogP contribution in [0.5, 0.6) is 5.75 Å². The number of hydrogen-bond donors (Lipinski definition) is 2. The summed E-state index contributed by atoms with van der Waals surface area (Å²) in [6.45, 7) is 7.54. The normalized spacial score (nSPS) is 17.9. The molecule has 1 aromatic rings. The number of phenolic OH excluding ortho intramolecular Hbond substituents is 1. The summed E-state index contributed by atoms with van der Waals surface area (Å²) in [6, 6.07) is 7.23. The molecule has 0 spiro atoms. The molecule has 4 heteroatoms. The number of aromatic hydroxyl groups is 1. The fourth-order valence-electron chi connectivity index (χ4n) is 2.32. The lowest BCUT2D eigenvalue weighted by atomic mass is 10.0. The highest BCUT2D eigenvalue weighted by Crippen LogP contribution is 2.31. The summed E-state index contributed by atoms with van der Waals surface area (Å²) in [5.41, 5.74) is 1.07. The zero-order chi connectivity index (χ0) is 13.0. The molecule has 1 aliphatic heterocycles. The van der Waals surface area contributed by atoms with Crippen LogP contribution in [-0.2, 0) is 0 Å². The first-order valence-corrected chi connectivity index (χ1v) is 6.07. The van der Waals surface area contributed by atoms with E-state index in [1.165, 1.54) is 0 Å². The molecular weight excluding hydrogens is 226 g/mol. The molecule has 1 atom stereocenters. The summed E-state index contributed by atoms with van der Waals surface area (Å²) in [5.74, 6) is 0.0726. The molecule has 0 unspecified atom stereocenters. The lowest BCUT2D eigenvalue weighted by Crippen LogP contribution is -2.44. The molecule has 2 N–H and O–H groups in total. The van der Waals surface area contributed by atoms with Crippen LogP contribution in [0.4, 0.5) is 0 Å². The predicted molar refractivity (Wildman–Crippen MR) is 70.2 cm³/mol. The number of nitriles is 1. The van der Waals surface area contributed by atoms with Gasteiger partial charge in [-0.15, -0.1) is 6.58 Å². The number of nitrogens with zero attached hydrogens (tertiary/aromatic N) is 2. The topological polar surface area (TPSA) is 59.3 Å². The van der Waals surface area contributed by atoms with Gasteiger partial charge in [0.2, 0.25) is 0 Å². The summed E-state index contributed by atoms with van der Waals surface area (Å²) >= 11 is 0. The van der Waals surface area contributed by atoms with Gasteiger partial charge in [0.05, 0.1) is 11.6 Å². The molecule has 4 nitrogen and oxygen atoms in total. The van der Waals surface area contributed by atoms with E-state index >= 15 is 0 Å². The average Bonchev–Trinajstić information content (AvgIpc) is 2.43. The Hall–Kier alpha value is -1.83. The number of phenols is 1. The van der Waals surface area contributed by atoms with E-state index in [0.29, 0.717) is 5.56 Å². The van der Waals surface area contributed by atoms with Crippen molar-refractivity contribution >= 4 is 0 Å². The molecule has 0 saturated carbocycles. The molecule has 1 aliphatic rings. The third kappa shape index (κ3) is 2.37. The Kier molecular flexibility index (Phi) is 3.98. The quantitative estimate of drug-likeness (QED) is 0.788. The summed E-state index contributed by atoms with van der Waals surface area (Å²) < 4.78 is 0. The Balaban J connectivity index is 2.32. The van der Waals surface area contributed by atoms with Crippen molar-refractivity contribution in [1.82, 2.24) is 10.2 Å². The number of para-hydroxylation sites is 1. The molecule has 0 aliphatic carbocycles. The van der Waals surface area contributed by atoms with Crippen LogP contribution >= 0.6 is 0 Å². The summed E-state index contributed by atoms with van der Waals surface area (Å²) in [6.07, 6.45) is 1.82. The van der Waals surface area contributed by atoms with Crippen molar-refractivity contribution < 1.29 is 5.11 Å². The van der Waals surface area contributed by atoms with Crippen molar-refractivity contribution in [3.05, 3.63) is 42.0 Å². The molecule has 0 amide bonds. The van der Waals surface area contributed by atoms with Crippen LogP contribution in [0.2, 0.25) is 0 Å². The van der Waals surface area contributed by atoms with Gasteiger partial charge in [-0.1, -0.05) is 18.2 Å². The molecule has 0 aromatic heterocycles. The van der Waals surface area contributed by atoms with Gasteiger partial charge in [0.15, 0.2) is 0 Å². The van der Waals surface area contributed by atoms with Crippen LogP contribution in [0.3, 0.4) is 0 Å². The van der Waals surface area contributed by atoms with E-state index in [2.05, 4.69) is 16.8 Å². The first kappa shape index (κ1) is 12.6. The average molecular weight is 243 g/mol. The second-order valence-corrected chi connectivity index (χ2v) is 4.32. The molecule has 1 aromatic carbocycles. The van der Waals surface area contributed by atoms with Gasteiger partial charge in [-0.05, 0) is 6.07 Å². The van der Waals surface area contributed by atoms with Gasteiger partial charge in [0.25, 0.3) is 0 Å². The SMILES string of the molecule is C=C[C@H](c1cccc(C#N)c1O)N1CCNCC1. The van der Waals surface area contributed by atoms with Gasteiger partial charge in [0, 0.05) is 31.7 Å². The highest BCUT2D eigenvalue weighted by Gasteiger charge is 2.22. The van der Waals surface area contributed by atoms with Gasteiger partial charge in [-0.2, -0.15) is 5.26 Å². The molecule has 0 bridgehead atoms. The van der Waals surface area contributed by atoms with E-state index in [1.54, 1.807) is 12.1 Å². The second kappa shape index (κ2) is 5.67. The van der Waals surface area contributed by atoms with E-state index < -0.39 is 0 Å². The van der Waals surface area contributed by atoms with E-state index in [4.69, 9.17) is 5.26 Å². The van der Waals surface area contributed by atoms with Gasteiger partial charge in [-0.25, -0.2) is 0 Å². The number of benzene rings is 1. The minimum Gasteiger partial charge on any atom is -0.506 e. The molecule has 1 fully saturated rings. The van der Waals surface area contributed by atoms with Crippen molar-refractivity contribution in [3.63, 3.8) is 0 Å². The lowest BCUT2D eigenvalue weighted by molar-refractivity contribution is 0.201. The third-order valence-electron chi connectivity index (χ3n) is 3.27. The number of nitrogens with one attached hydrogen (secondary N) is 1. The van der Waals surface area contributed by atoms with Crippen LogP contribution in [-0.4, -0.2) is 36.2 Å².